The Kier molecular flexibility index (Phi) is 12.8. The molecule has 0 aromatic carbocycles. The summed E-state index contributed by atoms with van der Waals surface area (Å²) < 4.78 is 10.8. The van der Waals surface area contributed by atoms with Crippen molar-refractivity contribution in [3.05, 3.63) is 0 Å². The smallest absolute Gasteiger partial charge is 0.408 e. The first-order valence-electron chi connectivity index (χ1n) is 9.58. The van der Waals surface area contributed by atoms with E-state index in [-0.39, 0.29) is 6.04 Å². The third-order valence-corrected chi connectivity index (χ3v) is 4.16. The van der Waals surface area contributed by atoms with Gasteiger partial charge in [-0.3, -0.25) is 0 Å². The molecule has 0 fully saturated rings. The molecule has 8 heteroatoms. The fourth-order valence-electron chi connectivity index (χ4n) is 2.46. The van der Waals surface area contributed by atoms with Crippen LogP contribution in [0.15, 0.2) is 0 Å². The van der Waals surface area contributed by atoms with Gasteiger partial charge in [-0.2, -0.15) is 0 Å². The van der Waals surface area contributed by atoms with Gasteiger partial charge in [-0.15, -0.1) is 0 Å². The molecule has 0 aromatic rings. The van der Waals surface area contributed by atoms with Crippen LogP contribution in [0, 0.1) is 0 Å². The Balaban J connectivity index is 4.81. The van der Waals surface area contributed by atoms with E-state index in [1.165, 1.54) is 0 Å². The topological polar surface area (TPSA) is 100 Å². The van der Waals surface area contributed by atoms with Crippen LogP contribution in [0.2, 0.25) is 0 Å². The van der Waals surface area contributed by atoms with Gasteiger partial charge in [-0.25, -0.2) is 14.5 Å². The third kappa shape index (κ3) is 9.82. The van der Waals surface area contributed by atoms with Crippen molar-refractivity contribution >= 4 is 12.2 Å². The molecule has 154 valence electrons. The summed E-state index contributed by atoms with van der Waals surface area (Å²) in [4.78, 5) is 25.5. The third-order valence-electron chi connectivity index (χ3n) is 4.16. The lowest BCUT2D eigenvalue weighted by Gasteiger charge is -2.38. The molecule has 8 nitrogen and oxygen atoms in total. The molecule has 2 amide bonds. The van der Waals surface area contributed by atoms with Crippen LogP contribution in [0.5, 0.6) is 0 Å². The van der Waals surface area contributed by atoms with Crippen molar-refractivity contribution in [2.45, 2.75) is 91.8 Å². The number of carbonyl (C=O) groups excluding carboxylic acids is 2. The first kappa shape index (κ1) is 24.5. The average Bonchev–Trinajstić information content (AvgIpc) is 2.55. The Morgan fingerprint density at radius 3 is 1.58 bits per heavy atom. The summed E-state index contributed by atoms with van der Waals surface area (Å²) >= 11 is 0. The van der Waals surface area contributed by atoms with E-state index in [9.17, 15) is 14.7 Å². The molecule has 0 saturated carbocycles. The van der Waals surface area contributed by atoms with Crippen LogP contribution in [-0.2, 0) is 9.47 Å². The molecule has 0 bridgehead atoms. The van der Waals surface area contributed by atoms with Crippen LogP contribution < -0.4 is 10.6 Å². The molecular weight excluding hydrogens is 338 g/mol. The van der Waals surface area contributed by atoms with Gasteiger partial charge in [-0.05, 0) is 40.5 Å². The van der Waals surface area contributed by atoms with Crippen molar-refractivity contribution in [2.24, 2.45) is 0 Å². The molecule has 0 saturated heterocycles. The van der Waals surface area contributed by atoms with E-state index in [2.05, 4.69) is 10.6 Å². The molecule has 0 aliphatic carbocycles. The maximum absolute atomic E-state index is 11.9. The van der Waals surface area contributed by atoms with E-state index < -0.39 is 30.7 Å². The van der Waals surface area contributed by atoms with Crippen LogP contribution in [-0.4, -0.2) is 59.9 Å². The van der Waals surface area contributed by atoms with Crippen molar-refractivity contribution in [2.75, 3.05) is 13.1 Å². The van der Waals surface area contributed by atoms with E-state index in [1.807, 2.05) is 13.8 Å². The molecule has 0 heterocycles. The molecule has 3 N–H and O–H groups in total. The number of rotatable bonds is 12. The highest BCUT2D eigenvalue weighted by molar-refractivity contribution is 5.67. The monoisotopic (exact) mass is 375 g/mol. The number of amides is 2. The summed E-state index contributed by atoms with van der Waals surface area (Å²) in [5, 5.41) is 15.3. The first-order valence-corrected chi connectivity index (χ1v) is 9.58. The predicted octanol–water partition coefficient (Wildman–Crippen LogP) is 2.80. The van der Waals surface area contributed by atoms with Crippen molar-refractivity contribution < 1.29 is 24.2 Å². The zero-order chi connectivity index (χ0) is 20.1. The second-order valence-corrected chi connectivity index (χ2v) is 6.50. The Bertz CT molecular complexity index is 376. The molecule has 0 spiro atoms. The number of nitrogens with zero attached hydrogens (tertiary/aromatic N) is 1. The van der Waals surface area contributed by atoms with Gasteiger partial charge in [0.2, 0.25) is 0 Å². The van der Waals surface area contributed by atoms with Gasteiger partial charge in [0, 0.05) is 19.1 Å². The zero-order valence-electron chi connectivity index (χ0n) is 17.1. The lowest BCUT2D eigenvalue weighted by atomic mass is 10.1. The van der Waals surface area contributed by atoms with Crippen molar-refractivity contribution in [3.8, 4) is 0 Å². The quantitative estimate of drug-likeness (QED) is 0.358. The number of aliphatic hydroxyl groups excluding tert-OH is 1. The molecule has 0 radical (unpaired) electrons. The summed E-state index contributed by atoms with van der Waals surface area (Å²) in [5.74, 6) is 0. The summed E-state index contributed by atoms with van der Waals surface area (Å²) in [7, 11) is 0. The second kappa shape index (κ2) is 13.6. The van der Waals surface area contributed by atoms with Crippen molar-refractivity contribution in [1.82, 2.24) is 15.5 Å². The van der Waals surface area contributed by atoms with Gasteiger partial charge >= 0.3 is 12.2 Å². The first-order chi connectivity index (χ1) is 12.2. The van der Waals surface area contributed by atoms with Gasteiger partial charge in [0.1, 0.15) is 0 Å². The molecule has 0 rings (SSSR count). The van der Waals surface area contributed by atoms with Gasteiger partial charge in [0.25, 0.3) is 0 Å². The number of alkyl carbamates (subject to hydrolysis) is 2. The summed E-state index contributed by atoms with van der Waals surface area (Å²) in [5.41, 5.74) is 0. The van der Waals surface area contributed by atoms with Crippen molar-refractivity contribution in [3.63, 3.8) is 0 Å². The second-order valence-electron chi connectivity index (χ2n) is 6.50. The molecule has 0 aliphatic rings. The lowest BCUT2D eigenvalue weighted by Crippen LogP contribution is -2.54. The van der Waals surface area contributed by atoms with Crippen LogP contribution in [0.1, 0.15) is 67.2 Å². The number of aliphatic hydroxyl groups is 1. The summed E-state index contributed by atoms with van der Waals surface area (Å²) in [6.45, 7) is 12.0. The minimum atomic E-state index is -0.696. The fourth-order valence-corrected chi connectivity index (χ4v) is 2.46. The number of hydrogen-bond acceptors (Lipinski definition) is 6. The zero-order valence-corrected chi connectivity index (χ0v) is 17.1. The number of unbranched alkanes of at least 4 members (excludes halogenated alkanes) is 2. The predicted molar refractivity (Wildman–Crippen MR) is 101 cm³/mol. The Morgan fingerprint density at radius 2 is 1.27 bits per heavy atom. The standard InChI is InChI=1S/C18H37N3O5/c1-7-9-11-19-17(23)25-15(5)21(13(3)14(4)22)16(6)26-18(24)20-12-10-8-2/h13-16,22H,7-12H2,1-6H3,(H,19,23)(H,20,24). The van der Waals surface area contributed by atoms with Crippen molar-refractivity contribution in [1.29, 1.82) is 0 Å². The van der Waals surface area contributed by atoms with Gasteiger partial charge in [0.05, 0.1) is 6.10 Å². The molecule has 26 heavy (non-hydrogen) atoms. The van der Waals surface area contributed by atoms with E-state index in [0.717, 1.165) is 25.7 Å². The van der Waals surface area contributed by atoms with E-state index in [0.29, 0.717) is 13.1 Å². The summed E-state index contributed by atoms with van der Waals surface area (Å²) in [6, 6.07) is -0.383. The van der Waals surface area contributed by atoms with Gasteiger partial charge in [0.15, 0.2) is 12.5 Å². The highest BCUT2D eigenvalue weighted by atomic mass is 16.6. The summed E-state index contributed by atoms with van der Waals surface area (Å²) in [6.07, 6.45) is 0.557. The highest BCUT2D eigenvalue weighted by Crippen LogP contribution is 2.16. The molecular formula is C18H37N3O5. The van der Waals surface area contributed by atoms with Gasteiger partial charge in [-0.1, -0.05) is 26.7 Å². The lowest BCUT2D eigenvalue weighted by molar-refractivity contribution is -0.129. The molecule has 0 aromatic heterocycles. The number of carbonyl (C=O) groups is 2. The van der Waals surface area contributed by atoms with E-state index in [1.54, 1.807) is 32.6 Å². The Labute approximate surface area is 157 Å². The molecule has 0 aliphatic heterocycles. The fraction of sp³-hybridized carbons (Fsp3) is 0.889. The molecule has 4 atom stereocenters. The van der Waals surface area contributed by atoms with Crippen LogP contribution in [0.4, 0.5) is 9.59 Å². The minimum absolute atomic E-state index is 0.383. The van der Waals surface area contributed by atoms with Gasteiger partial charge < -0.3 is 25.2 Å². The van der Waals surface area contributed by atoms with E-state index in [4.69, 9.17) is 9.47 Å². The Morgan fingerprint density at radius 1 is 0.885 bits per heavy atom. The SMILES string of the molecule is CCCCNC(=O)OC(C)N(C(C)OC(=O)NCCCC)C(C)C(C)O. The van der Waals surface area contributed by atoms with Crippen LogP contribution >= 0.6 is 0 Å². The minimum Gasteiger partial charge on any atom is -0.430 e. The Hall–Kier alpha value is -1.54. The maximum Gasteiger partial charge on any atom is 0.408 e. The van der Waals surface area contributed by atoms with Crippen LogP contribution in [0.25, 0.3) is 0 Å². The molecule has 4 unspecified atom stereocenters. The number of ether oxygens (including phenoxy) is 2. The normalized spacial score (nSPS) is 15.7. The highest BCUT2D eigenvalue weighted by Gasteiger charge is 2.32. The maximum atomic E-state index is 11.9. The van der Waals surface area contributed by atoms with Crippen LogP contribution in [0.3, 0.4) is 0 Å². The number of nitrogens with one attached hydrogen (secondary N) is 2. The number of hydrogen-bond donors (Lipinski definition) is 3. The average molecular weight is 376 g/mol. The van der Waals surface area contributed by atoms with E-state index >= 15 is 0 Å². The largest absolute Gasteiger partial charge is 0.430 e.